The zero-order valence-electron chi connectivity index (χ0n) is 5.67. The first-order chi connectivity index (χ1) is 5.08. The highest BCUT2D eigenvalue weighted by atomic mass is 35.9. The summed E-state index contributed by atoms with van der Waals surface area (Å²) in [5.74, 6) is 0.490. The smallest absolute Gasteiger partial charge is 0.423 e. The maximum atomic E-state index is 10.7. The molecule has 0 amide bonds. The van der Waals surface area contributed by atoms with Gasteiger partial charge in [0.1, 0.15) is 5.76 Å². The molecule has 5 heteroatoms. The summed E-state index contributed by atoms with van der Waals surface area (Å²) < 4.78 is 15.5. The molecule has 0 aromatic rings. The number of allylic oxidation sites excluding steroid dienone is 3. The summed E-state index contributed by atoms with van der Waals surface area (Å²) in [5.41, 5.74) is 0. The maximum Gasteiger partial charge on any atom is 0.428 e. The highest BCUT2D eigenvalue weighted by Gasteiger charge is 2.16. The highest BCUT2D eigenvalue weighted by molar-refractivity contribution is 8.05. The first kappa shape index (κ1) is 9.18. The van der Waals surface area contributed by atoms with Crippen LogP contribution in [-0.4, -0.2) is 0 Å². The lowest BCUT2D eigenvalue weighted by Gasteiger charge is -2.08. The van der Waals surface area contributed by atoms with Crippen molar-refractivity contribution in [1.29, 1.82) is 0 Å². The molecule has 1 rings (SSSR count). The predicted octanol–water partition coefficient (Wildman–Crippen LogP) is 3.82. The fourth-order valence-electron chi connectivity index (χ4n) is 0.780. The SMILES string of the molecule is O=P(Cl)(Cl)OC1=CCCC=C1. The zero-order valence-corrected chi connectivity index (χ0v) is 8.07. The van der Waals surface area contributed by atoms with Crippen LogP contribution in [0.2, 0.25) is 0 Å². The molecule has 0 spiro atoms. The summed E-state index contributed by atoms with van der Waals surface area (Å²) >= 11 is 10.4. The molecule has 0 N–H and O–H groups in total. The van der Waals surface area contributed by atoms with Gasteiger partial charge < -0.3 is 4.52 Å². The molecule has 0 bridgehead atoms. The minimum Gasteiger partial charge on any atom is -0.423 e. The Hall–Kier alpha value is 0.0900. The van der Waals surface area contributed by atoms with E-state index in [4.69, 9.17) is 27.0 Å². The van der Waals surface area contributed by atoms with E-state index in [0.717, 1.165) is 12.8 Å². The molecule has 1 aliphatic rings. The summed E-state index contributed by atoms with van der Waals surface area (Å²) in [7, 11) is 0. The van der Waals surface area contributed by atoms with Crippen LogP contribution in [0.4, 0.5) is 0 Å². The second kappa shape index (κ2) is 3.66. The zero-order chi connectivity index (χ0) is 8.32. The summed E-state index contributed by atoms with van der Waals surface area (Å²) in [6.07, 6.45) is 3.87. The van der Waals surface area contributed by atoms with E-state index in [1.165, 1.54) is 0 Å². The Morgan fingerprint density at radius 3 is 2.64 bits per heavy atom. The predicted molar refractivity (Wildman–Crippen MR) is 46.9 cm³/mol. The van der Waals surface area contributed by atoms with Crippen LogP contribution in [0.1, 0.15) is 12.8 Å². The average molecular weight is 213 g/mol. The molecule has 1 aliphatic carbocycles. The maximum absolute atomic E-state index is 10.7. The van der Waals surface area contributed by atoms with Gasteiger partial charge in [-0.3, -0.25) is 0 Å². The first-order valence-corrected chi connectivity index (χ1v) is 6.57. The van der Waals surface area contributed by atoms with Crippen molar-refractivity contribution in [3.8, 4) is 0 Å². The fraction of sp³-hybridized carbons (Fsp3) is 0.333. The van der Waals surface area contributed by atoms with Gasteiger partial charge in [-0.15, -0.1) is 0 Å². The van der Waals surface area contributed by atoms with E-state index in [0.29, 0.717) is 5.76 Å². The van der Waals surface area contributed by atoms with E-state index in [-0.39, 0.29) is 0 Å². The molecule has 0 aromatic heterocycles. The quantitative estimate of drug-likeness (QED) is 0.651. The van der Waals surface area contributed by atoms with Crippen molar-refractivity contribution in [3.63, 3.8) is 0 Å². The van der Waals surface area contributed by atoms with Crippen molar-refractivity contribution < 1.29 is 9.09 Å². The van der Waals surface area contributed by atoms with Crippen molar-refractivity contribution in [3.05, 3.63) is 24.0 Å². The van der Waals surface area contributed by atoms with E-state index in [2.05, 4.69) is 0 Å². The highest BCUT2D eigenvalue weighted by Crippen LogP contribution is 2.59. The molecule has 0 unspecified atom stereocenters. The Balaban J connectivity index is 2.56. The Labute approximate surface area is 74.9 Å². The van der Waals surface area contributed by atoms with Crippen LogP contribution in [0, 0.1) is 0 Å². The summed E-state index contributed by atoms with van der Waals surface area (Å²) in [6, 6.07) is 0. The summed E-state index contributed by atoms with van der Waals surface area (Å²) in [6.45, 7) is 0. The van der Waals surface area contributed by atoms with Gasteiger partial charge in [-0.05, 0) is 25.0 Å². The van der Waals surface area contributed by atoms with Gasteiger partial charge in [0.25, 0.3) is 0 Å². The minimum atomic E-state index is -3.41. The van der Waals surface area contributed by atoms with Crippen LogP contribution in [0.25, 0.3) is 0 Å². The van der Waals surface area contributed by atoms with E-state index >= 15 is 0 Å². The molecule has 0 heterocycles. The van der Waals surface area contributed by atoms with Crippen LogP contribution >= 0.6 is 28.6 Å². The van der Waals surface area contributed by atoms with E-state index < -0.39 is 6.07 Å². The molecule has 11 heavy (non-hydrogen) atoms. The Morgan fingerprint density at radius 1 is 1.45 bits per heavy atom. The lowest BCUT2D eigenvalue weighted by Crippen LogP contribution is -1.85. The molecule has 2 nitrogen and oxygen atoms in total. The van der Waals surface area contributed by atoms with E-state index in [1.807, 2.05) is 6.08 Å². The molecule has 62 valence electrons. The number of hydrogen-bond acceptors (Lipinski definition) is 2. The van der Waals surface area contributed by atoms with Crippen LogP contribution in [-0.2, 0) is 9.09 Å². The third-order valence-electron chi connectivity index (χ3n) is 1.17. The molecule has 0 aromatic carbocycles. The Bertz CT molecular complexity index is 241. The largest absolute Gasteiger partial charge is 0.428 e. The fourth-order valence-corrected chi connectivity index (χ4v) is 1.64. The van der Waals surface area contributed by atoms with Gasteiger partial charge in [-0.1, -0.05) is 6.08 Å². The lowest BCUT2D eigenvalue weighted by molar-refractivity contribution is 0.441. The Kier molecular flexibility index (Phi) is 3.06. The van der Waals surface area contributed by atoms with Gasteiger partial charge in [0.05, 0.1) is 0 Å². The molecule has 0 aliphatic heterocycles. The molecule has 0 radical (unpaired) electrons. The monoisotopic (exact) mass is 212 g/mol. The number of hydrogen-bond donors (Lipinski definition) is 0. The van der Waals surface area contributed by atoms with Crippen LogP contribution in [0.3, 0.4) is 0 Å². The van der Waals surface area contributed by atoms with Gasteiger partial charge in [-0.2, -0.15) is 0 Å². The summed E-state index contributed by atoms with van der Waals surface area (Å²) in [4.78, 5) is 0. The van der Waals surface area contributed by atoms with Crippen LogP contribution in [0.15, 0.2) is 24.0 Å². The second-order valence-electron chi connectivity index (χ2n) is 2.09. The third-order valence-corrected chi connectivity index (χ3v) is 2.01. The molecular weight excluding hydrogens is 206 g/mol. The molecule has 0 fully saturated rings. The lowest BCUT2D eigenvalue weighted by atomic mass is 10.2. The second-order valence-corrected chi connectivity index (χ2v) is 6.29. The standard InChI is InChI=1S/C6H7Cl2O2P/c7-11(8,9)10-6-4-2-1-3-5-6/h2,4-5H,1,3H2. The van der Waals surface area contributed by atoms with Crippen molar-refractivity contribution in [2.24, 2.45) is 0 Å². The van der Waals surface area contributed by atoms with Crippen molar-refractivity contribution in [2.75, 3.05) is 0 Å². The van der Waals surface area contributed by atoms with E-state index in [9.17, 15) is 4.57 Å². The normalized spacial score (nSPS) is 17.8. The minimum absolute atomic E-state index is 0.490. The van der Waals surface area contributed by atoms with Gasteiger partial charge in [0.2, 0.25) is 0 Å². The van der Waals surface area contributed by atoms with E-state index in [1.54, 1.807) is 12.2 Å². The van der Waals surface area contributed by atoms with Gasteiger partial charge in [0.15, 0.2) is 0 Å². The van der Waals surface area contributed by atoms with Gasteiger partial charge in [0, 0.05) is 22.5 Å². The molecular formula is C6H7Cl2O2P. The number of halogens is 2. The van der Waals surface area contributed by atoms with Crippen molar-refractivity contribution in [2.45, 2.75) is 12.8 Å². The van der Waals surface area contributed by atoms with Crippen LogP contribution < -0.4 is 0 Å². The summed E-state index contributed by atoms with van der Waals surface area (Å²) in [5, 5.41) is 0. The molecule has 0 saturated carbocycles. The van der Waals surface area contributed by atoms with Crippen molar-refractivity contribution in [1.82, 2.24) is 0 Å². The average Bonchev–Trinajstić information content (AvgIpc) is 1.85. The molecule has 0 atom stereocenters. The van der Waals surface area contributed by atoms with Gasteiger partial charge >= 0.3 is 6.07 Å². The topological polar surface area (TPSA) is 26.3 Å². The number of rotatable bonds is 2. The van der Waals surface area contributed by atoms with Crippen LogP contribution in [0.5, 0.6) is 0 Å². The van der Waals surface area contributed by atoms with Crippen molar-refractivity contribution >= 4 is 28.6 Å². The van der Waals surface area contributed by atoms with Gasteiger partial charge in [-0.25, -0.2) is 4.57 Å². The third kappa shape index (κ3) is 3.85. The first-order valence-electron chi connectivity index (χ1n) is 3.13. The molecule has 0 saturated heterocycles. The Morgan fingerprint density at radius 2 is 2.18 bits per heavy atom.